The van der Waals surface area contributed by atoms with E-state index in [1.54, 1.807) is 32.5 Å². The first-order valence-corrected chi connectivity index (χ1v) is 7.63. The fourth-order valence-corrected chi connectivity index (χ4v) is 2.31. The zero-order chi connectivity index (χ0) is 17.7. The Balaban J connectivity index is 2.89. The van der Waals surface area contributed by atoms with E-state index in [0.29, 0.717) is 18.7 Å². The van der Waals surface area contributed by atoms with Gasteiger partial charge in [0.25, 0.3) is 0 Å². The molecule has 8 heteroatoms. The molecule has 2 N–H and O–H groups in total. The van der Waals surface area contributed by atoms with Gasteiger partial charge in [0.1, 0.15) is 17.8 Å². The molecule has 0 radical (unpaired) electrons. The van der Waals surface area contributed by atoms with Gasteiger partial charge < -0.3 is 15.2 Å². The third-order valence-corrected chi connectivity index (χ3v) is 3.45. The summed E-state index contributed by atoms with van der Waals surface area (Å²) in [5.74, 6) is -0.412. The van der Waals surface area contributed by atoms with E-state index >= 15 is 0 Å². The lowest BCUT2D eigenvalue weighted by Crippen LogP contribution is -2.46. The zero-order valence-electron chi connectivity index (χ0n) is 14.4. The molecule has 130 valence electrons. The standard InChI is InChI=1S/C15H26N4O4/c1-6-7-15(12(20)21,8-11-17-10-18-19(11)5)9-16-13(22)23-14(2,3)4/h10H,6-9H2,1-5H3,(H,16,22)(H,20,21). The van der Waals surface area contributed by atoms with Crippen LogP contribution in [0.15, 0.2) is 6.33 Å². The van der Waals surface area contributed by atoms with Gasteiger partial charge in [-0.15, -0.1) is 0 Å². The Bertz CT molecular complexity index is 550. The lowest BCUT2D eigenvalue weighted by Gasteiger charge is -2.29. The summed E-state index contributed by atoms with van der Waals surface area (Å²) in [6.45, 7) is 7.13. The van der Waals surface area contributed by atoms with Crippen molar-refractivity contribution in [2.24, 2.45) is 12.5 Å². The molecule has 0 fully saturated rings. The van der Waals surface area contributed by atoms with Crippen LogP contribution in [0, 0.1) is 5.41 Å². The van der Waals surface area contributed by atoms with Gasteiger partial charge in [0, 0.05) is 20.0 Å². The molecular formula is C15H26N4O4. The maximum atomic E-state index is 11.9. The largest absolute Gasteiger partial charge is 0.481 e. The highest BCUT2D eigenvalue weighted by atomic mass is 16.6. The summed E-state index contributed by atoms with van der Waals surface area (Å²) in [5.41, 5.74) is -1.78. The predicted molar refractivity (Wildman–Crippen MR) is 83.9 cm³/mol. The topological polar surface area (TPSA) is 106 Å². The van der Waals surface area contributed by atoms with E-state index in [-0.39, 0.29) is 13.0 Å². The van der Waals surface area contributed by atoms with Crippen LogP contribution < -0.4 is 5.32 Å². The molecular weight excluding hydrogens is 300 g/mol. The third-order valence-electron chi connectivity index (χ3n) is 3.45. The van der Waals surface area contributed by atoms with Crippen molar-refractivity contribution in [1.82, 2.24) is 20.1 Å². The van der Waals surface area contributed by atoms with E-state index in [4.69, 9.17) is 4.74 Å². The van der Waals surface area contributed by atoms with Crippen molar-refractivity contribution in [2.75, 3.05) is 6.54 Å². The molecule has 1 unspecified atom stereocenters. The molecule has 1 aromatic rings. The summed E-state index contributed by atoms with van der Waals surface area (Å²) in [6.07, 6.45) is 2.01. The minimum absolute atomic E-state index is 0.0298. The number of aromatic nitrogens is 3. The monoisotopic (exact) mass is 326 g/mol. The average Bonchev–Trinajstić information content (AvgIpc) is 2.79. The number of hydrogen-bond donors (Lipinski definition) is 2. The first kappa shape index (κ1) is 18.9. The number of carbonyl (C=O) groups is 2. The second kappa shape index (κ2) is 7.43. The smallest absolute Gasteiger partial charge is 0.407 e. The summed E-state index contributed by atoms with van der Waals surface area (Å²) in [4.78, 5) is 27.8. The number of rotatable bonds is 7. The molecule has 1 amide bonds. The zero-order valence-corrected chi connectivity index (χ0v) is 14.4. The van der Waals surface area contributed by atoms with E-state index in [2.05, 4.69) is 15.4 Å². The molecule has 0 bridgehead atoms. The van der Waals surface area contributed by atoms with Gasteiger partial charge in [-0.1, -0.05) is 13.3 Å². The fourth-order valence-electron chi connectivity index (χ4n) is 2.31. The highest BCUT2D eigenvalue weighted by molar-refractivity contribution is 5.76. The van der Waals surface area contributed by atoms with Gasteiger partial charge in [0.15, 0.2) is 0 Å². The minimum Gasteiger partial charge on any atom is -0.481 e. The lowest BCUT2D eigenvalue weighted by molar-refractivity contribution is -0.149. The Hall–Kier alpha value is -2.12. The van der Waals surface area contributed by atoms with E-state index in [0.717, 1.165) is 0 Å². The lowest BCUT2D eigenvalue weighted by atomic mass is 9.79. The first-order valence-electron chi connectivity index (χ1n) is 7.63. The second-order valence-electron chi connectivity index (χ2n) is 6.67. The van der Waals surface area contributed by atoms with Crippen molar-refractivity contribution in [1.29, 1.82) is 0 Å². The number of hydrogen-bond acceptors (Lipinski definition) is 5. The summed E-state index contributed by atoms with van der Waals surface area (Å²) < 4.78 is 6.72. The van der Waals surface area contributed by atoms with Crippen molar-refractivity contribution in [3.8, 4) is 0 Å². The molecule has 1 atom stereocenters. The molecule has 1 rings (SSSR count). The molecule has 1 aromatic heterocycles. The normalized spacial score (nSPS) is 14.1. The van der Waals surface area contributed by atoms with Crippen molar-refractivity contribution >= 4 is 12.1 Å². The summed E-state index contributed by atoms with van der Waals surface area (Å²) >= 11 is 0. The van der Waals surface area contributed by atoms with E-state index in [1.807, 2.05) is 6.92 Å². The molecule has 8 nitrogen and oxygen atoms in total. The van der Waals surface area contributed by atoms with Crippen LogP contribution in [0.4, 0.5) is 4.79 Å². The molecule has 0 saturated heterocycles. The molecule has 23 heavy (non-hydrogen) atoms. The van der Waals surface area contributed by atoms with Gasteiger partial charge in [-0.25, -0.2) is 9.78 Å². The molecule has 0 saturated carbocycles. The van der Waals surface area contributed by atoms with Gasteiger partial charge >= 0.3 is 12.1 Å². The number of amides is 1. The summed E-state index contributed by atoms with van der Waals surface area (Å²) in [7, 11) is 1.71. The van der Waals surface area contributed by atoms with Crippen LogP contribution in [0.1, 0.15) is 46.4 Å². The van der Waals surface area contributed by atoms with Crippen LogP contribution in [-0.2, 0) is 23.0 Å². The number of alkyl carbamates (subject to hydrolysis) is 1. The van der Waals surface area contributed by atoms with Gasteiger partial charge in [-0.3, -0.25) is 9.48 Å². The quantitative estimate of drug-likeness (QED) is 0.790. The van der Waals surface area contributed by atoms with Gasteiger partial charge in [0.05, 0.1) is 5.41 Å². The number of carbonyl (C=O) groups excluding carboxylic acids is 1. The second-order valence-corrected chi connectivity index (χ2v) is 6.67. The maximum Gasteiger partial charge on any atom is 0.407 e. The van der Waals surface area contributed by atoms with Crippen molar-refractivity contribution in [3.05, 3.63) is 12.2 Å². The van der Waals surface area contributed by atoms with Gasteiger partial charge in [0.2, 0.25) is 0 Å². The van der Waals surface area contributed by atoms with Crippen LogP contribution in [-0.4, -0.2) is 44.1 Å². The molecule has 1 heterocycles. The van der Waals surface area contributed by atoms with Crippen molar-refractivity contribution < 1.29 is 19.4 Å². The highest BCUT2D eigenvalue weighted by Crippen LogP contribution is 2.28. The maximum absolute atomic E-state index is 11.9. The number of nitrogens with one attached hydrogen (secondary N) is 1. The predicted octanol–water partition coefficient (Wildman–Crippen LogP) is 1.75. The number of nitrogens with zero attached hydrogens (tertiary/aromatic N) is 3. The highest BCUT2D eigenvalue weighted by Gasteiger charge is 2.40. The fraction of sp³-hybridized carbons (Fsp3) is 0.733. The number of ether oxygens (including phenoxy) is 1. The van der Waals surface area contributed by atoms with Crippen LogP contribution in [0.5, 0.6) is 0 Å². The summed E-state index contributed by atoms with van der Waals surface area (Å²) in [5, 5.41) is 16.3. The number of aryl methyl sites for hydroxylation is 1. The Morgan fingerprint density at radius 1 is 1.39 bits per heavy atom. The first-order chi connectivity index (χ1) is 10.6. The van der Waals surface area contributed by atoms with E-state index < -0.39 is 23.1 Å². The van der Waals surface area contributed by atoms with E-state index in [1.165, 1.54) is 6.33 Å². The average molecular weight is 326 g/mol. The Kier molecular flexibility index (Phi) is 6.12. The molecule has 0 aliphatic carbocycles. The van der Waals surface area contributed by atoms with Crippen molar-refractivity contribution in [3.63, 3.8) is 0 Å². The Morgan fingerprint density at radius 3 is 2.48 bits per heavy atom. The minimum atomic E-state index is -1.15. The molecule has 0 aliphatic heterocycles. The Labute approximate surface area is 136 Å². The summed E-state index contributed by atoms with van der Waals surface area (Å²) in [6, 6.07) is 0. The van der Waals surface area contributed by atoms with Crippen molar-refractivity contribution in [2.45, 2.75) is 52.6 Å². The Morgan fingerprint density at radius 2 is 2.04 bits per heavy atom. The molecule has 0 spiro atoms. The number of aliphatic carboxylic acids is 1. The number of carboxylic acid groups (broad SMARTS) is 1. The third kappa shape index (κ3) is 5.54. The van der Waals surface area contributed by atoms with Gasteiger partial charge in [-0.05, 0) is 27.2 Å². The van der Waals surface area contributed by atoms with Crippen LogP contribution >= 0.6 is 0 Å². The molecule has 0 aliphatic rings. The van der Waals surface area contributed by atoms with E-state index in [9.17, 15) is 14.7 Å². The molecule has 0 aromatic carbocycles. The van der Waals surface area contributed by atoms with Crippen LogP contribution in [0.3, 0.4) is 0 Å². The van der Waals surface area contributed by atoms with Crippen LogP contribution in [0.2, 0.25) is 0 Å². The number of carboxylic acids is 1. The van der Waals surface area contributed by atoms with Gasteiger partial charge in [-0.2, -0.15) is 5.10 Å². The van der Waals surface area contributed by atoms with Crippen LogP contribution in [0.25, 0.3) is 0 Å². The SMILES string of the molecule is CCCC(CNC(=O)OC(C)(C)C)(Cc1ncnn1C)C(=O)O.